The van der Waals surface area contributed by atoms with Crippen molar-refractivity contribution >= 4 is 5.97 Å². The molecule has 1 heterocycles. The highest BCUT2D eigenvalue weighted by atomic mass is 16.5. The summed E-state index contributed by atoms with van der Waals surface area (Å²) >= 11 is 0. The topological polar surface area (TPSA) is 72.0 Å². The number of carbonyl (C=O) groups excluding carboxylic acids is 1. The quantitative estimate of drug-likeness (QED) is 0.279. The van der Waals surface area contributed by atoms with Gasteiger partial charge in [0, 0.05) is 16.7 Å². The molecule has 0 spiro atoms. The average molecular weight is 597 g/mol. The van der Waals surface area contributed by atoms with Crippen LogP contribution in [0.1, 0.15) is 111 Å². The van der Waals surface area contributed by atoms with Crippen LogP contribution in [0.3, 0.4) is 0 Å². The first-order chi connectivity index (χ1) is 20.6. The van der Waals surface area contributed by atoms with Gasteiger partial charge in [0.2, 0.25) is 0 Å². The molecule has 3 saturated carbocycles. The molecule has 0 radical (unpaired) electrons. The van der Waals surface area contributed by atoms with Gasteiger partial charge in [-0.1, -0.05) is 90.4 Å². The Morgan fingerprint density at radius 2 is 1.64 bits per heavy atom. The number of rotatable bonds is 2. The van der Waals surface area contributed by atoms with E-state index < -0.39 is 0 Å². The summed E-state index contributed by atoms with van der Waals surface area (Å²) in [7, 11) is 1.59. The van der Waals surface area contributed by atoms with Crippen molar-refractivity contribution in [1.82, 2.24) is 9.97 Å². The molecular weight excluding hydrogens is 544 g/mol. The van der Waals surface area contributed by atoms with Crippen LogP contribution in [0.5, 0.6) is 0 Å². The van der Waals surface area contributed by atoms with E-state index in [-0.39, 0.29) is 50.1 Å². The Balaban J connectivity index is 1.37. The Hall–Kier alpha value is -2.69. The Morgan fingerprint density at radius 3 is 2.34 bits per heavy atom. The van der Waals surface area contributed by atoms with E-state index in [2.05, 4.69) is 76.6 Å². The van der Waals surface area contributed by atoms with Gasteiger partial charge in [0.05, 0.1) is 18.2 Å². The van der Waals surface area contributed by atoms with Gasteiger partial charge in [0.15, 0.2) is 0 Å². The number of benzene rings is 1. The van der Waals surface area contributed by atoms with Crippen LogP contribution in [0.2, 0.25) is 0 Å². The number of carbonyl (C=O) groups is 1. The maximum atomic E-state index is 13.6. The number of nitrogens with zero attached hydrogens (tertiary/aromatic N) is 1. The number of methoxy groups -OCH3 is 1. The van der Waals surface area contributed by atoms with Gasteiger partial charge < -0.3 is 9.72 Å². The van der Waals surface area contributed by atoms with Crippen LogP contribution in [-0.4, -0.2) is 23.0 Å². The summed E-state index contributed by atoms with van der Waals surface area (Å²) in [6.07, 6.45) is 11.9. The van der Waals surface area contributed by atoms with Crippen LogP contribution in [0.25, 0.3) is 11.3 Å². The van der Waals surface area contributed by atoms with Crippen molar-refractivity contribution in [3.05, 3.63) is 63.7 Å². The lowest BCUT2D eigenvalue weighted by Crippen LogP contribution is -2.65. The molecular formula is C39H52N2O3. The standard InChI is InChI=1S/C39H52N2O3/c1-34(2)18-20-39(32(42)44-8)21-19-37(6)26(27(39)23-34)14-15-29-36(5)22-25-30(24-12-10-9-11-13-24)40-33(43)41-31(25)35(3,4)28(36)16-17-38(29,37)7/h9-14,27-29H,15-23H2,1-8H3,(H,40,41,43)/t27-,28-,29+,36-,37+,38+,39-/m0/s1. The van der Waals surface area contributed by atoms with Crippen LogP contribution in [-0.2, 0) is 21.4 Å². The molecule has 2 aromatic rings. The second-order valence-electron chi connectivity index (χ2n) is 17.4. The predicted molar refractivity (Wildman–Crippen MR) is 175 cm³/mol. The molecule has 5 aliphatic carbocycles. The van der Waals surface area contributed by atoms with Gasteiger partial charge in [-0.2, -0.15) is 4.98 Å². The molecule has 5 heteroatoms. The molecule has 5 nitrogen and oxygen atoms in total. The van der Waals surface area contributed by atoms with E-state index >= 15 is 0 Å². The SMILES string of the molecule is COC(=O)[C@]12CCC(C)(C)C[C@H]1C1=CC[C@@H]3[C@@]4(C)Cc5c(-c6ccccc6)nc(=O)[nH]c5C(C)(C)[C@@H]4CC[C@@]3(C)[C@]1(C)CC2. The number of ether oxygens (including phenoxy) is 1. The third-order valence-corrected chi connectivity index (χ3v) is 14.6. The number of aromatic amines is 1. The number of allylic oxidation sites excluding steroid dienone is 2. The summed E-state index contributed by atoms with van der Waals surface area (Å²) in [4.78, 5) is 34.5. The van der Waals surface area contributed by atoms with Gasteiger partial charge in [-0.15, -0.1) is 0 Å². The first-order valence-corrected chi connectivity index (χ1v) is 17.1. The van der Waals surface area contributed by atoms with E-state index in [4.69, 9.17) is 4.74 Å². The lowest BCUT2D eigenvalue weighted by Gasteiger charge is -2.70. The molecule has 1 aromatic heterocycles. The van der Waals surface area contributed by atoms with Crippen LogP contribution in [0.15, 0.2) is 46.8 Å². The normalized spacial score (nSPS) is 39.8. The van der Waals surface area contributed by atoms with Crippen LogP contribution < -0.4 is 5.69 Å². The molecule has 44 heavy (non-hydrogen) atoms. The van der Waals surface area contributed by atoms with Crippen LogP contribution >= 0.6 is 0 Å². The Morgan fingerprint density at radius 1 is 0.932 bits per heavy atom. The average Bonchev–Trinajstić information content (AvgIpc) is 2.97. The van der Waals surface area contributed by atoms with Crippen molar-refractivity contribution in [3.63, 3.8) is 0 Å². The smallest absolute Gasteiger partial charge is 0.345 e. The molecule has 0 aliphatic heterocycles. The molecule has 0 unspecified atom stereocenters. The van der Waals surface area contributed by atoms with E-state index in [1.807, 2.05) is 18.2 Å². The predicted octanol–water partition coefficient (Wildman–Crippen LogP) is 8.43. The molecule has 5 aliphatic rings. The second-order valence-corrected chi connectivity index (χ2v) is 17.4. The summed E-state index contributed by atoms with van der Waals surface area (Å²) in [6, 6.07) is 10.3. The summed E-state index contributed by atoms with van der Waals surface area (Å²) in [5.41, 5.74) is 5.36. The lowest BCUT2D eigenvalue weighted by atomic mass is 9.33. The molecule has 7 rings (SSSR count). The van der Waals surface area contributed by atoms with Gasteiger partial charge in [0.1, 0.15) is 0 Å². The minimum Gasteiger partial charge on any atom is -0.469 e. The van der Waals surface area contributed by atoms with Gasteiger partial charge in [-0.05, 0) is 103 Å². The number of hydrogen-bond donors (Lipinski definition) is 1. The minimum atomic E-state index is -0.381. The Labute approximate surface area is 263 Å². The number of H-pyrrole nitrogens is 1. The zero-order chi connectivity index (χ0) is 31.5. The minimum absolute atomic E-state index is 0.0180. The molecule has 1 N–H and O–H groups in total. The second kappa shape index (κ2) is 9.42. The first-order valence-electron chi connectivity index (χ1n) is 17.1. The van der Waals surface area contributed by atoms with Gasteiger partial charge in [-0.25, -0.2) is 4.79 Å². The van der Waals surface area contributed by atoms with Crippen LogP contribution in [0.4, 0.5) is 0 Å². The van der Waals surface area contributed by atoms with Crippen molar-refractivity contribution in [1.29, 1.82) is 0 Å². The first kappa shape index (κ1) is 30.0. The largest absolute Gasteiger partial charge is 0.469 e. The van der Waals surface area contributed by atoms with Crippen molar-refractivity contribution < 1.29 is 9.53 Å². The monoisotopic (exact) mass is 596 g/mol. The number of aromatic nitrogens is 2. The zero-order valence-corrected chi connectivity index (χ0v) is 28.2. The summed E-state index contributed by atoms with van der Waals surface area (Å²) < 4.78 is 5.56. The van der Waals surface area contributed by atoms with Gasteiger partial charge in [0.25, 0.3) is 0 Å². The van der Waals surface area contributed by atoms with E-state index in [0.29, 0.717) is 11.8 Å². The molecule has 0 saturated heterocycles. The summed E-state index contributed by atoms with van der Waals surface area (Å²) in [5, 5.41) is 0. The maximum Gasteiger partial charge on any atom is 0.345 e. The third-order valence-electron chi connectivity index (χ3n) is 14.6. The molecule has 7 atom stereocenters. The molecule has 1 aromatic carbocycles. The molecule has 236 valence electrons. The van der Waals surface area contributed by atoms with Crippen molar-refractivity contribution in [2.24, 2.45) is 44.8 Å². The zero-order valence-electron chi connectivity index (χ0n) is 28.2. The van der Waals surface area contributed by atoms with Crippen molar-refractivity contribution in [2.75, 3.05) is 7.11 Å². The number of fused-ring (bicyclic) bond motifs is 8. The highest BCUT2D eigenvalue weighted by molar-refractivity contribution is 5.78. The maximum absolute atomic E-state index is 13.6. The third kappa shape index (κ3) is 3.79. The van der Waals surface area contributed by atoms with Crippen LogP contribution in [0, 0.1) is 44.8 Å². The van der Waals surface area contributed by atoms with Crippen molar-refractivity contribution in [3.8, 4) is 11.3 Å². The van der Waals surface area contributed by atoms with Gasteiger partial charge >= 0.3 is 11.7 Å². The Kier molecular flexibility index (Phi) is 6.42. The molecule has 0 amide bonds. The van der Waals surface area contributed by atoms with Gasteiger partial charge in [-0.3, -0.25) is 4.79 Å². The lowest BCUT2D eigenvalue weighted by molar-refractivity contribution is -0.179. The summed E-state index contributed by atoms with van der Waals surface area (Å²) in [6.45, 7) is 17.3. The fourth-order valence-corrected chi connectivity index (χ4v) is 12.2. The number of hydrogen-bond acceptors (Lipinski definition) is 4. The van der Waals surface area contributed by atoms with E-state index in [9.17, 15) is 9.59 Å². The molecule has 3 fully saturated rings. The number of esters is 1. The summed E-state index contributed by atoms with van der Waals surface area (Å²) in [5.74, 6) is 1.22. The van der Waals surface area contributed by atoms with E-state index in [0.717, 1.165) is 68.3 Å². The fraction of sp³-hybridized carbons (Fsp3) is 0.667. The fourth-order valence-electron chi connectivity index (χ4n) is 12.2. The van der Waals surface area contributed by atoms with E-state index in [1.165, 1.54) is 12.0 Å². The van der Waals surface area contributed by atoms with Crippen molar-refractivity contribution in [2.45, 2.75) is 112 Å². The Bertz CT molecular complexity index is 1600. The molecule has 0 bridgehead atoms. The highest BCUT2D eigenvalue weighted by Crippen LogP contribution is 2.75. The highest BCUT2D eigenvalue weighted by Gasteiger charge is 2.69. The number of nitrogens with one attached hydrogen (secondary N) is 1. The van der Waals surface area contributed by atoms with E-state index in [1.54, 1.807) is 12.7 Å².